The van der Waals surface area contributed by atoms with Crippen molar-refractivity contribution in [3.8, 4) is 0 Å². The molecule has 7 heteroatoms. The van der Waals surface area contributed by atoms with Crippen LogP contribution in [0.15, 0.2) is 18.2 Å². The summed E-state index contributed by atoms with van der Waals surface area (Å²) < 4.78 is 38.0. The summed E-state index contributed by atoms with van der Waals surface area (Å²) in [4.78, 5) is 10.6. The quantitative estimate of drug-likeness (QED) is 0.759. The third-order valence-electron chi connectivity index (χ3n) is 2.53. The summed E-state index contributed by atoms with van der Waals surface area (Å²) in [5.41, 5.74) is -0.813. The van der Waals surface area contributed by atoms with Crippen molar-refractivity contribution < 1.29 is 28.2 Å². The zero-order valence-corrected chi connectivity index (χ0v) is 10.1. The molecule has 1 rings (SSSR count). The Morgan fingerprint density at radius 2 is 2.00 bits per heavy atom. The largest absolute Gasteiger partial charge is 0.388 e. The molecule has 0 aromatic heterocycles. The van der Waals surface area contributed by atoms with Crippen molar-refractivity contribution in [2.24, 2.45) is 0 Å². The highest BCUT2D eigenvalue weighted by Gasteiger charge is 2.21. The van der Waals surface area contributed by atoms with Crippen LogP contribution in [0.3, 0.4) is 0 Å². The molecule has 0 saturated carbocycles. The number of halogens is 3. The first kappa shape index (κ1) is 15.5. The van der Waals surface area contributed by atoms with Crippen LogP contribution in [-0.2, 0) is 4.79 Å². The zero-order chi connectivity index (χ0) is 14.6. The first-order valence-electron chi connectivity index (χ1n) is 5.51. The van der Waals surface area contributed by atoms with Crippen LogP contribution in [-0.4, -0.2) is 28.8 Å². The number of amides is 1. The highest BCUT2D eigenvalue weighted by atomic mass is 19.3. The molecule has 3 N–H and O–H groups in total. The van der Waals surface area contributed by atoms with Gasteiger partial charge in [0.2, 0.25) is 5.91 Å². The van der Waals surface area contributed by atoms with Gasteiger partial charge in [-0.25, -0.2) is 13.2 Å². The van der Waals surface area contributed by atoms with Crippen LogP contribution in [0.2, 0.25) is 0 Å². The Bertz CT molecular complexity index is 454. The Kier molecular flexibility index (Phi) is 5.31. The number of carbonyl (C=O) groups excluding carboxylic acids is 1. The van der Waals surface area contributed by atoms with Gasteiger partial charge in [0.25, 0.3) is 6.43 Å². The van der Waals surface area contributed by atoms with Crippen LogP contribution < -0.4 is 5.32 Å². The van der Waals surface area contributed by atoms with Crippen molar-refractivity contribution in [3.63, 3.8) is 0 Å². The fraction of sp³-hybridized carbons (Fsp3) is 0.417. The molecule has 0 fully saturated rings. The summed E-state index contributed by atoms with van der Waals surface area (Å²) in [6, 6.07) is 2.69. The molecule has 0 radical (unpaired) electrons. The maximum Gasteiger partial charge on any atom is 0.266 e. The minimum absolute atomic E-state index is 0.0419. The van der Waals surface area contributed by atoms with Crippen molar-refractivity contribution in [1.82, 2.24) is 5.32 Å². The first-order chi connectivity index (χ1) is 8.82. The van der Waals surface area contributed by atoms with E-state index in [-0.39, 0.29) is 12.1 Å². The number of benzene rings is 1. The number of hydrogen-bond acceptors (Lipinski definition) is 3. The van der Waals surface area contributed by atoms with E-state index in [1.165, 1.54) is 6.92 Å². The molecule has 0 bridgehead atoms. The SMILES string of the molecule is CC(=O)NCC(O)C(O)c1ccc(C(F)F)c(F)c1. The van der Waals surface area contributed by atoms with Gasteiger partial charge < -0.3 is 15.5 Å². The maximum absolute atomic E-state index is 13.3. The number of aliphatic hydroxyl groups excluding tert-OH is 2. The lowest BCUT2D eigenvalue weighted by Crippen LogP contribution is -2.34. The minimum atomic E-state index is -2.95. The molecule has 1 amide bonds. The molecule has 0 heterocycles. The van der Waals surface area contributed by atoms with Crippen molar-refractivity contribution in [2.75, 3.05) is 6.54 Å². The van der Waals surface area contributed by atoms with Gasteiger partial charge in [0.15, 0.2) is 0 Å². The molecule has 19 heavy (non-hydrogen) atoms. The summed E-state index contributed by atoms with van der Waals surface area (Å²) in [5.74, 6) is -1.55. The molecule has 1 aromatic carbocycles. The van der Waals surface area contributed by atoms with Gasteiger partial charge in [-0.1, -0.05) is 12.1 Å². The van der Waals surface area contributed by atoms with Crippen LogP contribution in [0, 0.1) is 5.82 Å². The number of carbonyl (C=O) groups is 1. The Morgan fingerprint density at radius 1 is 1.37 bits per heavy atom. The van der Waals surface area contributed by atoms with E-state index in [2.05, 4.69) is 5.32 Å². The molecular weight excluding hydrogens is 263 g/mol. The molecule has 4 nitrogen and oxygen atoms in total. The molecule has 0 spiro atoms. The van der Waals surface area contributed by atoms with Crippen LogP contribution in [0.4, 0.5) is 13.2 Å². The second-order valence-corrected chi connectivity index (χ2v) is 4.03. The average Bonchev–Trinajstić information content (AvgIpc) is 2.34. The highest BCUT2D eigenvalue weighted by Crippen LogP contribution is 2.25. The predicted molar refractivity (Wildman–Crippen MR) is 61.0 cm³/mol. The van der Waals surface area contributed by atoms with E-state index in [0.29, 0.717) is 0 Å². The number of alkyl halides is 2. The summed E-state index contributed by atoms with van der Waals surface area (Å²) >= 11 is 0. The van der Waals surface area contributed by atoms with Gasteiger partial charge in [0.05, 0.1) is 5.56 Å². The average molecular weight is 277 g/mol. The van der Waals surface area contributed by atoms with Crippen molar-refractivity contribution in [2.45, 2.75) is 25.6 Å². The molecule has 2 unspecified atom stereocenters. The summed E-state index contributed by atoms with van der Waals surface area (Å²) in [5, 5.41) is 21.5. The van der Waals surface area contributed by atoms with Gasteiger partial charge in [-0.05, 0) is 11.6 Å². The van der Waals surface area contributed by atoms with Crippen molar-refractivity contribution >= 4 is 5.91 Å². The third-order valence-corrected chi connectivity index (χ3v) is 2.53. The Balaban J connectivity index is 2.79. The van der Waals surface area contributed by atoms with E-state index >= 15 is 0 Å². The van der Waals surface area contributed by atoms with Gasteiger partial charge in [-0.3, -0.25) is 4.79 Å². The molecule has 2 atom stereocenters. The lowest BCUT2D eigenvalue weighted by Gasteiger charge is -2.18. The first-order valence-corrected chi connectivity index (χ1v) is 5.51. The van der Waals surface area contributed by atoms with E-state index < -0.39 is 35.9 Å². The summed E-state index contributed by atoms with van der Waals surface area (Å²) in [6.07, 6.45) is -5.79. The van der Waals surface area contributed by atoms with Gasteiger partial charge in [-0.15, -0.1) is 0 Å². The minimum Gasteiger partial charge on any atom is -0.388 e. The van der Waals surface area contributed by atoms with Gasteiger partial charge in [-0.2, -0.15) is 0 Å². The molecule has 0 aliphatic heterocycles. The Labute approximate surface area is 107 Å². The zero-order valence-electron chi connectivity index (χ0n) is 10.1. The fourth-order valence-electron chi connectivity index (χ4n) is 1.49. The summed E-state index contributed by atoms with van der Waals surface area (Å²) in [7, 11) is 0. The number of rotatable bonds is 5. The van der Waals surface area contributed by atoms with Gasteiger partial charge >= 0.3 is 0 Å². The molecular formula is C12H14F3NO3. The normalized spacial score (nSPS) is 14.3. The van der Waals surface area contributed by atoms with Crippen LogP contribution >= 0.6 is 0 Å². The molecule has 0 aliphatic rings. The van der Waals surface area contributed by atoms with E-state index in [0.717, 1.165) is 18.2 Å². The van der Waals surface area contributed by atoms with Gasteiger partial charge in [0, 0.05) is 13.5 Å². The van der Waals surface area contributed by atoms with E-state index in [4.69, 9.17) is 0 Å². The second-order valence-electron chi connectivity index (χ2n) is 4.03. The number of nitrogens with one attached hydrogen (secondary N) is 1. The lowest BCUT2D eigenvalue weighted by molar-refractivity contribution is -0.119. The topological polar surface area (TPSA) is 69.6 Å². The Morgan fingerprint density at radius 3 is 2.47 bits per heavy atom. The second kappa shape index (κ2) is 6.53. The fourth-order valence-corrected chi connectivity index (χ4v) is 1.49. The highest BCUT2D eigenvalue weighted by molar-refractivity contribution is 5.72. The van der Waals surface area contributed by atoms with Crippen LogP contribution in [0.5, 0.6) is 0 Å². The Hall–Kier alpha value is -1.60. The van der Waals surface area contributed by atoms with Crippen molar-refractivity contribution in [3.05, 3.63) is 35.1 Å². The monoisotopic (exact) mass is 277 g/mol. The molecule has 1 aromatic rings. The maximum atomic E-state index is 13.3. The standard InChI is InChI=1S/C12H14F3NO3/c1-6(17)16-5-10(18)11(19)7-2-3-8(12(14)15)9(13)4-7/h2-4,10-12,18-19H,5H2,1H3,(H,16,17). The predicted octanol–water partition coefficient (Wildman–Crippen LogP) is 1.29. The summed E-state index contributed by atoms with van der Waals surface area (Å²) in [6.45, 7) is 1.00. The van der Waals surface area contributed by atoms with Gasteiger partial charge in [0.1, 0.15) is 18.0 Å². The number of aliphatic hydroxyl groups is 2. The van der Waals surface area contributed by atoms with E-state index in [1.807, 2.05) is 0 Å². The van der Waals surface area contributed by atoms with Crippen LogP contribution in [0.1, 0.15) is 30.6 Å². The van der Waals surface area contributed by atoms with E-state index in [9.17, 15) is 28.2 Å². The smallest absolute Gasteiger partial charge is 0.266 e. The van der Waals surface area contributed by atoms with Crippen molar-refractivity contribution in [1.29, 1.82) is 0 Å². The third kappa shape index (κ3) is 4.22. The lowest BCUT2D eigenvalue weighted by atomic mass is 10.0. The molecule has 0 aliphatic carbocycles. The van der Waals surface area contributed by atoms with Crippen LogP contribution in [0.25, 0.3) is 0 Å². The molecule has 106 valence electrons. The number of hydrogen-bond donors (Lipinski definition) is 3. The van der Waals surface area contributed by atoms with E-state index in [1.54, 1.807) is 0 Å². The molecule has 0 saturated heterocycles.